The lowest BCUT2D eigenvalue weighted by atomic mass is 9.86. The molecule has 1 aliphatic rings. The van der Waals surface area contributed by atoms with Gasteiger partial charge in [-0.25, -0.2) is 0 Å². The summed E-state index contributed by atoms with van der Waals surface area (Å²) in [5, 5.41) is 3.62. The standard InChI is InChI=1S/C16H27ClN2OS/c1-13(2)8-18-10-16(6-7-20-12-16)11-19(3)9-14-4-5-15(17)21-14/h4-5,13,18H,6-12H2,1-3H3. The maximum Gasteiger partial charge on any atom is 0.0931 e. The van der Waals surface area contributed by atoms with E-state index < -0.39 is 0 Å². The van der Waals surface area contributed by atoms with Gasteiger partial charge in [0.1, 0.15) is 0 Å². The second kappa shape index (κ2) is 7.93. The molecule has 120 valence electrons. The van der Waals surface area contributed by atoms with Gasteiger partial charge >= 0.3 is 0 Å². The molecule has 0 aromatic carbocycles. The van der Waals surface area contributed by atoms with E-state index in [1.807, 2.05) is 6.07 Å². The van der Waals surface area contributed by atoms with Crippen molar-refractivity contribution in [3.63, 3.8) is 0 Å². The molecular weight excluding hydrogens is 304 g/mol. The van der Waals surface area contributed by atoms with E-state index in [1.54, 1.807) is 11.3 Å². The minimum absolute atomic E-state index is 0.255. The fourth-order valence-corrected chi connectivity index (χ4v) is 4.09. The minimum Gasteiger partial charge on any atom is -0.381 e. The van der Waals surface area contributed by atoms with Crippen molar-refractivity contribution < 1.29 is 4.74 Å². The number of rotatable bonds is 8. The fraction of sp³-hybridized carbons (Fsp3) is 0.750. The first-order valence-corrected chi connectivity index (χ1v) is 8.90. The Hall–Kier alpha value is -0.130. The molecule has 1 atom stereocenters. The van der Waals surface area contributed by atoms with E-state index in [2.05, 4.69) is 37.2 Å². The van der Waals surface area contributed by atoms with Crippen molar-refractivity contribution in [2.75, 3.05) is 39.9 Å². The average molecular weight is 331 g/mol. The summed E-state index contributed by atoms with van der Waals surface area (Å²) in [7, 11) is 2.19. The van der Waals surface area contributed by atoms with Gasteiger partial charge in [0.2, 0.25) is 0 Å². The Morgan fingerprint density at radius 3 is 2.86 bits per heavy atom. The molecule has 21 heavy (non-hydrogen) atoms. The Bertz CT molecular complexity index is 430. The normalized spacial score (nSPS) is 22.6. The van der Waals surface area contributed by atoms with Crippen LogP contribution >= 0.6 is 22.9 Å². The fourth-order valence-electron chi connectivity index (χ4n) is 2.93. The number of halogens is 1. The molecule has 2 heterocycles. The topological polar surface area (TPSA) is 24.5 Å². The van der Waals surface area contributed by atoms with Crippen LogP contribution in [0.5, 0.6) is 0 Å². The van der Waals surface area contributed by atoms with Gasteiger partial charge in [0.25, 0.3) is 0 Å². The first-order chi connectivity index (χ1) is 9.99. The second-order valence-corrected chi connectivity index (χ2v) is 8.51. The highest BCUT2D eigenvalue weighted by Crippen LogP contribution is 2.30. The summed E-state index contributed by atoms with van der Waals surface area (Å²) >= 11 is 7.68. The molecule has 0 amide bonds. The van der Waals surface area contributed by atoms with Gasteiger partial charge in [-0.3, -0.25) is 0 Å². The monoisotopic (exact) mass is 330 g/mol. The average Bonchev–Trinajstić information content (AvgIpc) is 2.99. The Kier molecular flexibility index (Phi) is 6.51. The largest absolute Gasteiger partial charge is 0.381 e. The molecule has 0 bridgehead atoms. The van der Waals surface area contributed by atoms with Crippen molar-refractivity contribution in [1.29, 1.82) is 0 Å². The summed E-state index contributed by atoms with van der Waals surface area (Å²) in [5.74, 6) is 0.690. The molecule has 0 radical (unpaired) electrons. The highest BCUT2D eigenvalue weighted by Gasteiger charge is 2.35. The van der Waals surface area contributed by atoms with Crippen molar-refractivity contribution in [2.24, 2.45) is 11.3 Å². The van der Waals surface area contributed by atoms with E-state index in [4.69, 9.17) is 16.3 Å². The molecule has 0 saturated carbocycles. The zero-order chi connectivity index (χ0) is 15.3. The van der Waals surface area contributed by atoms with Gasteiger partial charge in [0.05, 0.1) is 10.9 Å². The molecular formula is C16H27ClN2OS. The third kappa shape index (κ3) is 5.53. The molecule has 1 unspecified atom stereocenters. The van der Waals surface area contributed by atoms with E-state index in [9.17, 15) is 0 Å². The first kappa shape index (κ1) is 17.2. The van der Waals surface area contributed by atoms with Crippen molar-refractivity contribution in [3.05, 3.63) is 21.3 Å². The van der Waals surface area contributed by atoms with Crippen LogP contribution in [0.2, 0.25) is 4.34 Å². The lowest BCUT2D eigenvalue weighted by molar-refractivity contribution is 0.116. The maximum atomic E-state index is 6.01. The van der Waals surface area contributed by atoms with Crippen LogP contribution in [0.1, 0.15) is 25.1 Å². The van der Waals surface area contributed by atoms with Gasteiger partial charge in [-0.15, -0.1) is 11.3 Å². The highest BCUT2D eigenvalue weighted by molar-refractivity contribution is 7.16. The number of nitrogens with one attached hydrogen (secondary N) is 1. The Morgan fingerprint density at radius 1 is 1.48 bits per heavy atom. The van der Waals surface area contributed by atoms with Crippen LogP contribution in [-0.4, -0.2) is 44.8 Å². The number of ether oxygens (including phenoxy) is 1. The zero-order valence-electron chi connectivity index (χ0n) is 13.3. The lowest BCUT2D eigenvalue weighted by Gasteiger charge is -2.32. The molecule has 2 rings (SSSR count). The number of thiophene rings is 1. The second-order valence-electron chi connectivity index (χ2n) is 6.71. The summed E-state index contributed by atoms with van der Waals surface area (Å²) in [4.78, 5) is 3.72. The maximum absolute atomic E-state index is 6.01. The molecule has 5 heteroatoms. The molecule has 1 N–H and O–H groups in total. The summed E-state index contributed by atoms with van der Waals surface area (Å²) in [5.41, 5.74) is 0.255. The van der Waals surface area contributed by atoms with Crippen molar-refractivity contribution in [3.8, 4) is 0 Å². The molecule has 0 spiro atoms. The van der Waals surface area contributed by atoms with E-state index in [1.165, 1.54) is 4.88 Å². The van der Waals surface area contributed by atoms with E-state index >= 15 is 0 Å². The number of hydrogen-bond acceptors (Lipinski definition) is 4. The Balaban J connectivity index is 1.86. The third-order valence-corrected chi connectivity index (χ3v) is 5.11. The molecule has 1 saturated heterocycles. The molecule has 1 aliphatic heterocycles. The van der Waals surface area contributed by atoms with Crippen LogP contribution in [0.25, 0.3) is 0 Å². The SMILES string of the molecule is CC(C)CNCC1(CN(C)Cc2ccc(Cl)s2)CCOC1. The predicted molar refractivity (Wildman–Crippen MR) is 91.2 cm³/mol. The van der Waals surface area contributed by atoms with Gasteiger partial charge in [-0.2, -0.15) is 0 Å². The van der Waals surface area contributed by atoms with E-state index in [0.29, 0.717) is 5.92 Å². The van der Waals surface area contributed by atoms with Crippen LogP contribution in [0, 0.1) is 11.3 Å². The highest BCUT2D eigenvalue weighted by atomic mass is 35.5. The third-order valence-electron chi connectivity index (χ3n) is 3.90. The predicted octanol–water partition coefficient (Wildman–Crippen LogP) is 3.49. The van der Waals surface area contributed by atoms with Crippen LogP contribution in [0.15, 0.2) is 12.1 Å². The Morgan fingerprint density at radius 2 is 2.29 bits per heavy atom. The quantitative estimate of drug-likeness (QED) is 0.789. The van der Waals surface area contributed by atoms with Gasteiger partial charge < -0.3 is 15.0 Å². The van der Waals surface area contributed by atoms with Crippen molar-refractivity contribution >= 4 is 22.9 Å². The van der Waals surface area contributed by atoms with E-state index in [0.717, 1.165) is 50.1 Å². The van der Waals surface area contributed by atoms with Crippen LogP contribution in [0.4, 0.5) is 0 Å². The number of nitrogens with zero attached hydrogens (tertiary/aromatic N) is 1. The molecule has 1 fully saturated rings. The van der Waals surface area contributed by atoms with Gasteiger partial charge in [0, 0.05) is 36.5 Å². The van der Waals surface area contributed by atoms with Crippen molar-refractivity contribution in [2.45, 2.75) is 26.8 Å². The summed E-state index contributed by atoms with van der Waals surface area (Å²) in [6.45, 7) is 10.4. The molecule has 1 aromatic rings. The summed E-state index contributed by atoms with van der Waals surface area (Å²) in [6, 6.07) is 4.10. The van der Waals surface area contributed by atoms with Gasteiger partial charge in [-0.05, 0) is 38.1 Å². The number of hydrogen-bond donors (Lipinski definition) is 1. The summed E-state index contributed by atoms with van der Waals surface area (Å²) in [6.07, 6.45) is 1.15. The van der Waals surface area contributed by atoms with Crippen LogP contribution < -0.4 is 5.32 Å². The molecule has 1 aromatic heterocycles. The lowest BCUT2D eigenvalue weighted by Crippen LogP contribution is -2.44. The van der Waals surface area contributed by atoms with Crippen molar-refractivity contribution in [1.82, 2.24) is 10.2 Å². The first-order valence-electron chi connectivity index (χ1n) is 7.70. The Labute approximate surface area is 137 Å². The minimum atomic E-state index is 0.255. The smallest absolute Gasteiger partial charge is 0.0931 e. The van der Waals surface area contributed by atoms with E-state index in [-0.39, 0.29) is 5.41 Å². The zero-order valence-corrected chi connectivity index (χ0v) is 14.9. The van der Waals surface area contributed by atoms with Crippen LogP contribution in [-0.2, 0) is 11.3 Å². The van der Waals surface area contributed by atoms with Crippen LogP contribution in [0.3, 0.4) is 0 Å². The molecule has 0 aliphatic carbocycles. The molecule has 3 nitrogen and oxygen atoms in total. The van der Waals surface area contributed by atoms with Gasteiger partial charge in [-0.1, -0.05) is 25.4 Å². The summed E-state index contributed by atoms with van der Waals surface area (Å²) < 4.78 is 6.56. The van der Waals surface area contributed by atoms with Gasteiger partial charge in [0.15, 0.2) is 0 Å².